The van der Waals surface area contributed by atoms with Gasteiger partial charge < -0.3 is 15.0 Å². The fraction of sp³-hybridized carbons (Fsp3) is 0.500. The number of aromatic nitrogens is 2. The summed E-state index contributed by atoms with van der Waals surface area (Å²) in [5.74, 6) is -1.02. The van der Waals surface area contributed by atoms with Gasteiger partial charge in [-0.1, -0.05) is 0 Å². The van der Waals surface area contributed by atoms with Crippen LogP contribution in [-0.4, -0.2) is 48.9 Å². The Morgan fingerprint density at radius 1 is 1.50 bits per heavy atom. The van der Waals surface area contributed by atoms with Gasteiger partial charge in [0.25, 0.3) is 5.56 Å². The molecule has 1 aromatic heterocycles. The van der Waals surface area contributed by atoms with Crippen molar-refractivity contribution in [2.24, 2.45) is 0 Å². The maximum absolute atomic E-state index is 11.9. The number of amides is 1. The van der Waals surface area contributed by atoms with Gasteiger partial charge in [-0.3, -0.25) is 9.59 Å². The number of carbonyl (C=O) groups excluding carboxylic acids is 2. The summed E-state index contributed by atoms with van der Waals surface area (Å²) in [4.78, 5) is 36.2. The third kappa shape index (κ3) is 4.08. The molecule has 0 radical (unpaired) electrons. The maximum atomic E-state index is 11.9. The monoisotopic (exact) mass is 282 g/mol. The Morgan fingerprint density at radius 3 is 2.60 bits per heavy atom. The van der Waals surface area contributed by atoms with Crippen molar-refractivity contribution in [3.63, 3.8) is 0 Å². The van der Waals surface area contributed by atoms with E-state index in [1.165, 1.54) is 26.3 Å². The molecule has 0 aromatic carbocycles. The second-order valence-corrected chi connectivity index (χ2v) is 4.40. The lowest BCUT2D eigenvalue weighted by atomic mass is 10.3. The number of nitrogens with one attached hydrogen (secondary N) is 1. The quantitative estimate of drug-likeness (QED) is 0.695. The van der Waals surface area contributed by atoms with Crippen LogP contribution in [0.5, 0.6) is 0 Å². The first-order valence-corrected chi connectivity index (χ1v) is 5.94. The number of rotatable bonds is 5. The first-order chi connectivity index (χ1) is 9.35. The zero-order valence-corrected chi connectivity index (χ0v) is 11.9. The van der Waals surface area contributed by atoms with Crippen LogP contribution in [0.3, 0.4) is 0 Å². The molecular formula is C12H18N4O4. The average Bonchev–Trinajstić information content (AvgIpc) is 2.38. The van der Waals surface area contributed by atoms with Crippen LogP contribution < -0.4 is 15.8 Å². The molecule has 1 atom stereocenters. The fourth-order valence-corrected chi connectivity index (χ4v) is 1.55. The number of nitrogens with zero attached hydrogens (tertiary/aromatic N) is 3. The first-order valence-electron chi connectivity index (χ1n) is 5.94. The summed E-state index contributed by atoms with van der Waals surface area (Å²) >= 11 is 0. The number of carbonyl (C=O) groups is 2. The van der Waals surface area contributed by atoms with E-state index in [9.17, 15) is 14.4 Å². The minimum absolute atomic E-state index is 0.0845. The van der Waals surface area contributed by atoms with Gasteiger partial charge in [0.1, 0.15) is 6.04 Å². The molecule has 1 heterocycles. The molecule has 1 unspecified atom stereocenters. The van der Waals surface area contributed by atoms with Crippen molar-refractivity contribution in [3.05, 3.63) is 22.6 Å². The molecule has 0 bridgehead atoms. The van der Waals surface area contributed by atoms with Gasteiger partial charge >= 0.3 is 5.97 Å². The van der Waals surface area contributed by atoms with Gasteiger partial charge in [-0.2, -0.15) is 5.10 Å². The molecule has 0 saturated carbocycles. The third-order valence-electron chi connectivity index (χ3n) is 2.59. The van der Waals surface area contributed by atoms with Gasteiger partial charge in [0, 0.05) is 27.1 Å². The Kier molecular flexibility index (Phi) is 5.24. The molecule has 0 aliphatic heterocycles. The highest BCUT2D eigenvalue weighted by atomic mass is 16.5. The number of ether oxygens (including phenoxy) is 1. The third-order valence-corrected chi connectivity index (χ3v) is 2.59. The lowest BCUT2D eigenvalue weighted by molar-refractivity contribution is -0.145. The molecule has 0 spiro atoms. The molecule has 0 aliphatic rings. The average molecular weight is 282 g/mol. The number of hydrogen-bond donors (Lipinski definition) is 1. The normalized spacial score (nSPS) is 11.6. The van der Waals surface area contributed by atoms with Crippen LogP contribution in [0, 0.1) is 0 Å². The summed E-state index contributed by atoms with van der Waals surface area (Å²) in [7, 11) is 4.78. The number of esters is 1. The standard InChI is InChI=1S/C12H18N4O4/c1-8(17)14-10(12(19)20-4)7-16-11(18)5-9(6-13-16)15(2)3/h5-6,10H,7H2,1-4H3,(H,14,17). The van der Waals surface area contributed by atoms with Crippen molar-refractivity contribution in [2.75, 3.05) is 26.1 Å². The Hall–Kier alpha value is -2.38. The van der Waals surface area contributed by atoms with Gasteiger partial charge in [0.2, 0.25) is 5.91 Å². The van der Waals surface area contributed by atoms with E-state index in [4.69, 9.17) is 0 Å². The van der Waals surface area contributed by atoms with Crippen molar-refractivity contribution >= 4 is 17.6 Å². The summed E-state index contributed by atoms with van der Waals surface area (Å²) in [6, 6.07) is 0.447. The van der Waals surface area contributed by atoms with Crippen molar-refractivity contribution in [1.29, 1.82) is 0 Å². The summed E-state index contributed by atoms with van der Waals surface area (Å²) in [5, 5.41) is 6.39. The van der Waals surface area contributed by atoms with Gasteiger partial charge in [-0.15, -0.1) is 0 Å². The van der Waals surface area contributed by atoms with Crippen LogP contribution in [0.2, 0.25) is 0 Å². The number of hydrogen-bond acceptors (Lipinski definition) is 6. The number of anilines is 1. The van der Waals surface area contributed by atoms with Gasteiger partial charge in [0.15, 0.2) is 0 Å². The van der Waals surface area contributed by atoms with E-state index >= 15 is 0 Å². The van der Waals surface area contributed by atoms with Gasteiger partial charge in [-0.25, -0.2) is 9.48 Å². The molecule has 0 saturated heterocycles. The molecule has 1 rings (SSSR count). The lowest BCUT2D eigenvalue weighted by Crippen LogP contribution is -2.45. The largest absolute Gasteiger partial charge is 0.467 e. The van der Waals surface area contributed by atoms with Crippen LogP contribution in [0.25, 0.3) is 0 Å². The Balaban J connectivity index is 2.96. The SMILES string of the molecule is COC(=O)C(Cn1ncc(N(C)C)cc1=O)NC(C)=O. The summed E-state index contributed by atoms with van der Waals surface area (Å²) in [5.41, 5.74) is 0.288. The van der Waals surface area contributed by atoms with Crippen molar-refractivity contribution in [1.82, 2.24) is 15.1 Å². The molecular weight excluding hydrogens is 264 g/mol. The van der Waals surface area contributed by atoms with Crippen LogP contribution in [-0.2, 0) is 20.9 Å². The fourth-order valence-electron chi connectivity index (χ4n) is 1.55. The topological polar surface area (TPSA) is 93.5 Å². The van der Waals surface area contributed by atoms with E-state index < -0.39 is 17.9 Å². The number of methoxy groups -OCH3 is 1. The van der Waals surface area contributed by atoms with E-state index in [1.807, 2.05) is 0 Å². The van der Waals surface area contributed by atoms with Crippen molar-refractivity contribution in [3.8, 4) is 0 Å². The van der Waals surface area contributed by atoms with Crippen molar-refractivity contribution < 1.29 is 14.3 Å². The lowest BCUT2D eigenvalue weighted by Gasteiger charge is -2.17. The molecule has 8 nitrogen and oxygen atoms in total. The highest BCUT2D eigenvalue weighted by molar-refractivity contribution is 5.83. The van der Waals surface area contributed by atoms with E-state index in [0.717, 1.165) is 4.68 Å². The minimum Gasteiger partial charge on any atom is -0.467 e. The highest BCUT2D eigenvalue weighted by Gasteiger charge is 2.21. The zero-order chi connectivity index (χ0) is 15.3. The molecule has 1 N–H and O–H groups in total. The molecule has 1 amide bonds. The van der Waals surface area contributed by atoms with E-state index in [1.54, 1.807) is 19.0 Å². The zero-order valence-electron chi connectivity index (χ0n) is 11.9. The van der Waals surface area contributed by atoms with Gasteiger partial charge in [0.05, 0.1) is 25.5 Å². The van der Waals surface area contributed by atoms with Crippen LogP contribution in [0.1, 0.15) is 6.92 Å². The predicted molar refractivity (Wildman–Crippen MR) is 72.4 cm³/mol. The summed E-state index contributed by atoms with van der Waals surface area (Å²) in [6.07, 6.45) is 1.50. The molecule has 110 valence electrons. The maximum Gasteiger partial charge on any atom is 0.330 e. The Labute approximate surface area is 116 Å². The van der Waals surface area contributed by atoms with Crippen molar-refractivity contribution in [2.45, 2.75) is 19.5 Å². The summed E-state index contributed by atoms with van der Waals surface area (Å²) < 4.78 is 5.68. The minimum atomic E-state index is -0.951. The second kappa shape index (κ2) is 6.69. The molecule has 8 heteroatoms. The van der Waals surface area contributed by atoms with Crippen LogP contribution in [0.15, 0.2) is 17.1 Å². The molecule has 20 heavy (non-hydrogen) atoms. The van der Waals surface area contributed by atoms with E-state index in [2.05, 4.69) is 15.2 Å². The predicted octanol–water partition coefficient (Wildman–Crippen LogP) is -1.01. The highest BCUT2D eigenvalue weighted by Crippen LogP contribution is 2.03. The summed E-state index contributed by atoms with van der Waals surface area (Å²) in [6.45, 7) is 1.19. The van der Waals surface area contributed by atoms with E-state index in [0.29, 0.717) is 5.69 Å². The van der Waals surface area contributed by atoms with E-state index in [-0.39, 0.29) is 12.1 Å². The van der Waals surface area contributed by atoms with Crippen LogP contribution in [0.4, 0.5) is 5.69 Å². The van der Waals surface area contributed by atoms with Gasteiger partial charge in [-0.05, 0) is 0 Å². The molecule has 1 aromatic rings. The Morgan fingerprint density at radius 2 is 2.15 bits per heavy atom. The second-order valence-electron chi connectivity index (χ2n) is 4.40. The first kappa shape index (κ1) is 15.7. The van der Waals surface area contributed by atoms with Crippen LogP contribution >= 0.6 is 0 Å². The Bertz CT molecular complexity index is 553. The molecule has 0 aliphatic carbocycles. The smallest absolute Gasteiger partial charge is 0.330 e. The molecule has 0 fully saturated rings.